The number of nitrogens with zero attached hydrogens (tertiary/aromatic N) is 2. The van der Waals surface area contributed by atoms with Crippen molar-refractivity contribution in [1.82, 2.24) is 9.88 Å². The van der Waals surface area contributed by atoms with Gasteiger partial charge in [-0.05, 0) is 13.0 Å². The van der Waals surface area contributed by atoms with E-state index in [1.807, 2.05) is 0 Å². The van der Waals surface area contributed by atoms with Crippen LogP contribution in [0, 0.1) is 6.92 Å². The lowest BCUT2D eigenvalue weighted by Crippen LogP contribution is -2.45. The van der Waals surface area contributed by atoms with E-state index < -0.39 is 18.1 Å². The Morgan fingerprint density at radius 1 is 1.67 bits per heavy atom. The summed E-state index contributed by atoms with van der Waals surface area (Å²) in [6.45, 7) is 5.36. The van der Waals surface area contributed by atoms with Crippen LogP contribution in [-0.4, -0.2) is 28.0 Å². The first kappa shape index (κ1) is 14.3. The van der Waals surface area contributed by atoms with Crippen molar-refractivity contribution in [3.05, 3.63) is 30.5 Å². The van der Waals surface area contributed by atoms with Crippen molar-refractivity contribution in [2.24, 2.45) is 0 Å². The van der Waals surface area contributed by atoms with Crippen LogP contribution in [-0.2, 0) is 11.3 Å². The fraction of sp³-hybridized carbons (Fsp3) is 0.455. The third-order valence-corrected chi connectivity index (χ3v) is 2.39. The molecule has 4 nitrogen and oxygen atoms in total. The van der Waals surface area contributed by atoms with Crippen molar-refractivity contribution in [2.75, 3.05) is 0 Å². The first-order valence-corrected chi connectivity index (χ1v) is 5.16. The number of oxazole rings is 1. The second kappa shape index (κ2) is 5.24. The van der Waals surface area contributed by atoms with Gasteiger partial charge in [-0.3, -0.25) is 4.79 Å². The van der Waals surface area contributed by atoms with Gasteiger partial charge in [0.15, 0.2) is 5.89 Å². The molecule has 1 aromatic rings. The normalized spacial score (nSPS) is 13.2. The van der Waals surface area contributed by atoms with Gasteiger partial charge in [0.2, 0.25) is 5.91 Å². The van der Waals surface area contributed by atoms with Crippen LogP contribution in [0.3, 0.4) is 0 Å². The molecule has 0 aliphatic rings. The van der Waals surface area contributed by atoms with Crippen LogP contribution in [0.25, 0.3) is 0 Å². The number of aryl methyl sites for hydroxylation is 1. The van der Waals surface area contributed by atoms with Crippen LogP contribution < -0.4 is 0 Å². The monoisotopic (exact) mass is 262 g/mol. The van der Waals surface area contributed by atoms with Crippen molar-refractivity contribution < 1.29 is 22.4 Å². The zero-order chi connectivity index (χ0) is 13.9. The Hall–Kier alpha value is -1.79. The van der Waals surface area contributed by atoms with Gasteiger partial charge in [-0.25, -0.2) is 4.98 Å². The van der Waals surface area contributed by atoms with Crippen molar-refractivity contribution in [2.45, 2.75) is 32.6 Å². The molecule has 0 saturated heterocycles. The highest BCUT2D eigenvalue weighted by atomic mass is 19.4. The lowest BCUT2D eigenvalue weighted by atomic mass is 10.2. The van der Waals surface area contributed by atoms with Crippen LogP contribution in [0.15, 0.2) is 23.3 Å². The Kier molecular flexibility index (Phi) is 4.15. The Balaban J connectivity index is 2.92. The Bertz CT molecular complexity index is 440. The van der Waals surface area contributed by atoms with Gasteiger partial charge in [0.1, 0.15) is 11.8 Å². The van der Waals surface area contributed by atoms with Gasteiger partial charge in [0, 0.05) is 6.92 Å². The van der Waals surface area contributed by atoms with Gasteiger partial charge in [0.05, 0.1) is 12.7 Å². The maximum atomic E-state index is 12.6. The molecular formula is C11H13F3N2O2. The Morgan fingerprint density at radius 3 is 2.67 bits per heavy atom. The first-order chi connectivity index (χ1) is 8.25. The van der Waals surface area contributed by atoms with Crippen molar-refractivity contribution in [3.63, 3.8) is 0 Å². The van der Waals surface area contributed by atoms with Crippen LogP contribution in [0.2, 0.25) is 0 Å². The lowest BCUT2D eigenvalue weighted by Gasteiger charge is -2.28. The molecule has 0 unspecified atom stereocenters. The molecule has 1 atom stereocenters. The molecule has 1 aromatic heterocycles. The zero-order valence-corrected chi connectivity index (χ0v) is 9.99. The summed E-state index contributed by atoms with van der Waals surface area (Å²) in [4.78, 5) is 15.9. The fourth-order valence-electron chi connectivity index (χ4n) is 1.35. The summed E-state index contributed by atoms with van der Waals surface area (Å²) < 4.78 is 43.0. The van der Waals surface area contributed by atoms with Gasteiger partial charge in [-0.15, -0.1) is 0 Å². The average molecular weight is 262 g/mol. The van der Waals surface area contributed by atoms with E-state index in [2.05, 4.69) is 11.6 Å². The van der Waals surface area contributed by atoms with Gasteiger partial charge in [-0.1, -0.05) is 6.58 Å². The van der Waals surface area contributed by atoms with E-state index in [4.69, 9.17) is 4.42 Å². The van der Waals surface area contributed by atoms with Crippen LogP contribution in [0.1, 0.15) is 18.6 Å². The van der Waals surface area contributed by atoms with E-state index >= 15 is 0 Å². The summed E-state index contributed by atoms with van der Waals surface area (Å²) in [5.41, 5.74) is 0. The smallest absolute Gasteiger partial charge is 0.408 e. The minimum atomic E-state index is -4.51. The third-order valence-electron chi connectivity index (χ3n) is 2.39. The minimum absolute atomic E-state index is 0.193. The number of rotatable bonds is 4. The van der Waals surface area contributed by atoms with Crippen LogP contribution >= 0.6 is 0 Å². The zero-order valence-electron chi connectivity index (χ0n) is 9.99. The SMILES string of the molecule is C=CC(=O)N(Cc1cnc(C)o1)[C@H](C)C(F)(F)F. The van der Waals surface area contributed by atoms with Gasteiger partial charge < -0.3 is 9.32 Å². The summed E-state index contributed by atoms with van der Waals surface area (Å²) in [5.74, 6) is -0.289. The second-order valence-corrected chi connectivity index (χ2v) is 3.73. The number of hydrogen-bond acceptors (Lipinski definition) is 3. The lowest BCUT2D eigenvalue weighted by molar-refractivity contribution is -0.185. The molecule has 0 spiro atoms. The average Bonchev–Trinajstić information content (AvgIpc) is 2.68. The molecule has 18 heavy (non-hydrogen) atoms. The molecule has 100 valence electrons. The fourth-order valence-corrected chi connectivity index (χ4v) is 1.35. The molecule has 1 amide bonds. The highest BCUT2D eigenvalue weighted by Gasteiger charge is 2.41. The molecule has 0 saturated carbocycles. The number of carbonyl (C=O) groups excluding carboxylic acids is 1. The maximum absolute atomic E-state index is 12.6. The summed E-state index contributed by atoms with van der Waals surface area (Å²) in [7, 11) is 0. The molecule has 0 aliphatic heterocycles. The predicted octanol–water partition coefficient (Wildman–Crippen LogP) is 2.45. The largest absolute Gasteiger partial charge is 0.444 e. The Labute approximate surface area is 102 Å². The molecule has 0 aliphatic carbocycles. The Morgan fingerprint density at radius 2 is 2.28 bits per heavy atom. The standard InChI is InChI=1S/C11H13F3N2O2/c1-4-10(17)16(7(2)11(12,13)14)6-9-5-15-8(3)18-9/h4-5,7H,1,6H2,2-3H3/t7-/m1/s1. The van der Waals surface area contributed by atoms with Gasteiger partial charge in [0.25, 0.3) is 0 Å². The molecule has 0 fully saturated rings. The molecule has 0 bridgehead atoms. The van der Waals surface area contributed by atoms with E-state index in [0.29, 0.717) is 10.8 Å². The second-order valence-electron chi connectivity index (χ2n) is 3.73. The van der Waals surface area contributed by atoms with E-state index in [1.54, 1.807) is 6.92 Å². The highest BCUT2D eigenvalue weighted by Crippen LogP contribution is 2.26. The quantitative estimate of drug-likeness (QED) is 0.783. The van der Waals surface area contributed by atoms with E-state index in [1.165, 1.54) is 6.20 Å². The third kappa shape index (κ3) is 3.35. The minimum Gasteiger partial charge on any atom is -0.444 e. The summed E-state index contributed by atoms with van der Waals surface area (Å²) in [5, 5.41) is 0. The molecule has 1 rings (SSSR count). The van der Waals surface area contributed by atoms with Crippen LogP contribution in [0.5, 0.6) is 0 Å². The number of carbonyl (C=O) groups is 1. The summed E-state index contributed by atoms with van der Waals surface area (Å²) in [6, 6.07) is -1.92. The molecule has 1 heterocycles. The summed E-state index contributed by atoms with van der Waals surface area (Å²) >= 11 is 0. The molecule has 0 aromatic carbocycles. The number of amides is 1. The number of hydrogen-bond donors (Lipinski definition) is 0. The van der Waals surface area contributed by atoms with Crippen molar-refractivity contribution in [3.8, 4) is 0 Å². The molecule has 0 N–H and O–H groups in total. The van der Waals surface area contributed by atoms with Crippen molar-refractivity contribution >= 4 is 5.91 Å². The summed E-state index contributed by atoms with van der Waals surface area (Å²) in [6.07, 6.45) is -2.37. The van der Waals surface area contributed by atoms with Crippen LogP contribution in [0.4, 0.5) is 13.2 Å². The predicted molar refractivity (Wildman–Crippen MR) is 57.5 cm³/mol. The topological polar surface area (TPSA) is 46.3 Å². The molecular weight excluding hydrogens is 249 g/mol. The molecule has 7 heteroatoms. The number of halogens is 3. The highest BCUT2D eigenvalue weighted by molar-refractivity contribution is 5.87. The van der Waals surface area contributed by atoms with E-state index in [9.17, 15) is 18.0 Å². The van der Waals surface area contributed by atoms with Gasteiger partial charge >= 0.3 is 6.18 Å². The number of aromatic nitrogens is 1. The van der Waals surface area contributed by atoms with Gasteiger partial charge in [-0.2, -0.15) is 13.2 Å². The number of alkyl halides is 3. The first-order valence-electron chi connectivity index (χ1n) is 5.16. The van der Waals surface area contributed by atoms with E-state index in [-0.39, 0.29) is 12.3 Å². The van der Waals surface area contributed by atoms with Crippen molar-refractivity contribution in [1.29, 1.82) is 0 Å². The van der Waals surface area contributed by atoms with E-state index in [0.717, 1.165) is 13.0 Å². The maximum Gasteiger partial charge on any atom is 0.408 e. The molecule has 0 radical (unpaired) electrons.